The Morgan fingerprint density at radius 1 is 1.33 bits per heavy atom. The van der Waals surface area contributed by atoms with Crippen molar-refractivity contribution in [3.8, 4) is 0 Å². The number of benzene rings is 1. The third kappa shape index (κ3) is 2.75. The SMILES string of the molecule is COC(=O)c1nc(Nc2ccccc2)ncc1Cl. The number of anilines is 2. The van der Waals surface area contributed by atoms with E-state index in [1.807, 2.05) is 30.3 Å². The number of carbonyl (C=O) groups excluding carboxylic acids is 1. The molecule has 5 nitrogen and oxygen atoms in total. The maximum Gasteiger partial charge on any atom is 0.358 e. The van der Waals surface area contributed by atoms with Gasteiger partial charge in [-0.2, -0.15) is 0 Å². The number of rotatable bonds is 3. The van der Waals surface area contributed by atoms with E-state index in [1.165, 1.54) is 13.3 Å². The molecule has 0 aliphatic rings. The van der Waals surface area contributed by atoms with Gasteiger partial charge in [-0.05, 0) is 12.1 Å². The van der Waals surface area contributed by atoms with Gasteiger partial charge in [-0.15, -0.1) is 0 Å². The van der Waals surface area contributed by atoms with Gasteiger partial charge in [0.2, 0.25) is 5.95 Å². The zero-order valence-corrected chi connectivity index (χ0v) is 10.3. The molecule has 0 atom stereocenters. The van der Waals surface area contributed by atoms with Crippen molar-refractivity contribution in [1.29, 1.82) is 0 Å². The number of esters is 1. The molecule has 92 valence electrons. The average molecular weight is 264 g/mol. The van der Waals surface area contributed by atoms with Crippen LogP contribution in [0.2, 0.25) is 5.02 Å². The van der Waals surface area contributed by atoms with E-state index in [1.54, 1.807) is 0 Å². The molecule has 0 spiro atoms. The minimum absolute atomic E-state index is 0.0348. The van der Waals surface area contributed by atoms with E-state index in [9.17, 15) is 4.79 Å². The van der Waals surface area contributed by atoms with Gasteiger partial charge >= 0.3 is 5.97 Å². The van der Waals surface area contributed by atoms with Crippen LogP contribution in [-0.2, 0) is 4.74 Å². The van der Waals surface area contributed by atoms with E-state index in [0.717, 1.165) is 5.69 Å². The summed E-state index contributed by atoms with van der Waals surface area (Å²) in [6, 6.07) is 9.36. The molecular weight excluding hydrogens is 254 g/mol. The number of hydrogen-bond acceptors (Lipinski definition) is 5. The van der Waals surface area contributed by atoms with Gasteiger partial charge in [0.15, 0.2) is 5.69 Å². The van der Waals surface area contributed by atoms with E-state index in [0.29, 0.717) is 0 Å². The zero-order valence-electron chi connectivity index (χ0n) is 9.55. The number of para-hydroxylation sites is 1. The van der Waals surface area contributed by atoms with Crippen molar-refractivity contribution in [2.45, 2.75) is 0 Å². The van der Waals surface area contributed by atoms with Gasteiger partial charge in [-0.25, -0.2) is 14.8 Å². The Morgan fingerprint density at radius 2 is 2.06 bits per heavy atom. The molecule has 0 radical (unpaired) electrons. The van der Waals surface area contributed by atoms with Crippen LogP contribution < -0.4 is 5.32 Å². The topological polar surface area (TPSA) is 64.1 Å². The van der Waals surface area contributed by atoms with Crippen LogP contribution in [0.1, 0.15) is 10.5 Å². The Kier molecular flexibility index (Phi) is 3.74. The number of hydrogen-bond donors (Lipinski definition) is 1. The molecule has 18 heavy (non-hydrogen) atoms. The van der Waals surface area contributed by atoms with Crippen molar-refractivity contribution < 1.29 is 9.53 Å². The minimum atomic E-state index is -0.599. The molecule has 0 saturated carbocycles. The summed E-state index contributed by atoms with van der Waals surface area (Å²) in [5.74, 6) is -0.315. The van der Waals surface area contributed by atoms with Crippen LogP contribution in [0.15, 0.2) is 36.5 Å². The minimum Gasteiger partial charge on any atom is -0.464 e. The number of nitrogens with one attached hydrogen (secondary N) is 1. The highest BCUT2D eigenvalue weighted by Gasteiger charge is 2.14. The van der Waals surface area contributed by atoms with Crippen LogP contribution in [-0.4, -0.2) is 23.0 Å². The van der Waals surface area contributed by atoms with Gasteiger partial charge in [0.1, 0.15) is 0 Å². The lowest BCUT2D eigenvalue weighted by Crippen LogP contribution is -2.08. The number of aromatic nitrogens is 2. The normalized spacial score (nSPS) is 9.89. The molecule has 0 amide bonds. The fraction of sp³-hybridized carbons (Fsp3) is 0.0833. The van der Waals surface area contributed by atoms with Gasteiger partial charge in [0, 0.05) is 5.69 Å². The quantitative estimate of drug-likeness (QED) is 0.863. The monoisotopic (exact) mass is 263 g/mol. The van der Waals surface area contributed by atoms with E-state index < -0.39 is 5.97 Å². The summed E-state index contributed by atoms with van der Waals surface area (Å²) in [7, 11) is 1.27. The summed E-state index contributed by atoms with van der Waals surface area (Å²) >= 11 is 5.82. The molecule has 2 aromatic rings. The first-order valence-corrected chi connectivity index (χ1v) is 5.51. The maximum absolute atomic E-state index is 11.4. The first kappa shape index (κ1) is 12.3. The van der Waals surface area contributed by atoms with Crippen molar-refractivity contribution >= 4 is 29.2 Å². The van der Waals surface area contributed by atoms with E-state index >= 15 is 0 Å². The van der Waals surface area contributed by atoms with Crippen molar-refractivity contribution in [3.63, 3.8) is 0 Å². The third-order valence-electron chi connectivity index (χ3n) is 2.15. The van der Waals surface area contributed by atoms with Gasteiger partial charge < -0.3 is 10.1 Å². The third-order valence-corrected chi connectivity index (χ3v) is 2.43. The molecular formula is C12H10ClN3O2. The van der Waals surface area contributed by atoms with Crippen molar-refractivity contribution in [2.75, 3.05) is 12.4 Å². The lowest BCUT2D eigenvalue weighted by atomic mass is 10.3. The fourth-order valence-electron chi connectivity index (χ4n) is 1.32. The largest absolute Gasteiger partial charge is 0.464 e. The Morgan fingerprint density at radius 3 is 2.72 bits per heavy atom. The van der Waals surface area contributed by atoms with E-state index in [-0.39, 0.29) is 16.7 Å². The van der Waals surface area contributed by atoms with Crippen LogP contribution in [0.5, 0.6) is 0 Å². The van der Waals surface area contributed by atoms with Gasteiger partial charge in [0.05, 0.1) is 18.3 Å². The van der Waals surface area contributed by atoms with Crippen LogP contribution >= 0.6 is 11.6 Å². The summed E-state index contributed by atoms with van der Waals surface area (Å²) in [6.07, 6.45) is 1.35. The predicted octanol–water partition coefficient (Wildman–Crippen LogP) is 2.66. The fourth-order valence-corrected chi connectivity index (χ4v) is 1.49. The van der Waals surface area contributed by atoms with Crippen LogP contribution in [0, 0.1) is 0 Å². The summed E-state index contributed by atoms with van der Waals surface area (Å²) in [5.41, 5.74) is 0.850. The molecule has 6 heteroatoms. The molecule has 0 saturated heterocycles. The highest BCUT2D eigenvalue weighted by Crippen LogP contribution is 2.17. The van der Waals surface area contributed by atoms with Crippen LogP contribution in [0.25, 0.3) is 0 Å². The average Bonchev–Trinajstić information content (AvgIpc) is 2.41. The van der Waals surface area contributed by atoms with Crippen LogP contribution in [0.4, 0.5) is 11.6 Å². The predicted molar refractivity (Wildman–Crippen MR) is 68.1 cm³/mol. The molecule has 1 aromatic carbocycles. The van der Waals surface area contributed by atoms with Crippen LogP contribution in [0.3, 0.4) is 0 Å². The summed E-state index contributed by atoms with van der Waals surface area (Å²) in [5, 5.41) is 3.12. The molecule has 0 aliphatic heterocycles. The molecule has 1 N–H and O–H groups in total. The van der Waals surface area contributed by atoms with Gasteiger partial charge in [-0.1, -0.05) is 29.8 Å². The Balaban J connectivity index is 2.27. The molecule has 0 bridgehead atoms. The van der Waals surface area contributed by atoms with Gasteiger partial charge in [0.25, 0.3) is 0 Å². The molecule has 0 aliphatic carbocycles. The first-order chi connectivity index (χ1) is 8.70. The highest BCUT2D eigenvalue weighted by molar-refractivity contribution is 6.33. The molecule has 1 aromatic heterocycles. The zero-order chi connectivity index (χ0) is 13.0. The second-order valence-electron chi connectivity index (χ2n) is 3.37. The van der Waals surface area contributed by atoms with Crippen molar-refractivity contribution in [1.82, 2.24) is 9.97 Å². The van der Waals surface area contributed by atoms with Crippen molar-refractivity contribution in [3.05, 3.63) is 47.2 Å². The summed E-state index contributed by atoms with van der Waals surface area (Å²) in [4.78, 5) is 19.4. The van der Waals surface area contributed by atoms with Gasteiger partial charge in [-0.3, -0.25) is 0 Å². The van der Waals surface area contributed by atoms with Crippen molar-refractivity contribution in [2.24, 2.45) is 0 Å². The summed E-state index contributed by atoms with van der Waals surface area (Å²) in [6.45, 7) is 0. The maximum atomic E-state index is 11.4. The standard InChI is InChI=1S/C12H10ClN3O2/c1-18-11(17)10-9(13)7-14-12(16-10)15-8-5-3-2-4-6-8/h2-7H,1H3,(H,14,15,16). The lowest BCUT2D eigenvalue weighted by Gasteiger charge is -2.06. The molecule has 1 heterocycles. The number of nitrogens with zero attached hydrogens (tertiary/aromatic N) is 2. The molecule has 2 rings (SSSR count). The second-order valence-corrected chi connectivity index (χ2v) is 3.78. The first-order valence-electron chi connectivity index (χ1n) is 5.13. The lowest BCUT2D eigenvalue weighted by molar-refractivity contribution is 0.0594. The molecule has 0 unspecified atom stereocenters. The number of ether oxygens (including phenoxy) is 1. The smallest absolute Gasteiger partial charge is 0.358 e. The number of halogens is 1. The van der Waals surface area contributed by atoms with E-state index in [4.69, 9.17) is 11.6 Å². The number of carbonyl (C=O) groups is 1. The Hall–Kier alpha value is -2.14. The second kappa shape index (κ2) is 5.46. The molecule has 0 fully saturated rings. The van der Waals surface area contributed by atoms with E-state index in [2.05, 4.69) is 20.0 Å². The number of methoxy groups -OCH3 is 1. The highest BCUT2D eigenvalue weighted by atomic mass is 35.5. The Labute approximate surface area is 109 Å². The summed E-state index contributed by atoms with van der Waals surface area (Å²) < 4.78 is 4.58. The Bertz CT molecular complexity index is 561.